The van der Waals surface area contributed by atoms with Gasteiger partial charge in [-0.1, -0.05) is 6.92 Å². The Hall–Kier alpha value is -0.940. The van der Waals surface area contributed by atoms with Crippen LogP contribution in [-0.2, 0) is 12.8 Å². The van der Waals surface area contributed by atoms with E-state index < -0.39 is 0 Å². The average Bonchev–Trinajstić information content (AvgIpc) is 2.84. The van der Waals surface area contributed by atoms with E-state index in [-0.39, 0.29) is 6.17 Å². The Bertz CT molecular complexity index is 427. The van der Waals surface area contributed by atoms with Crippen molar-refractivity contribution in [2.24, 2.45) is 11.7 Å². The van der Waals surface area contributed by atoms with E-state index in [1.165, 1.54) is 25.9 Å². The van der Waals surface area contributed by atoms with E-state index in [0.717, 1.165) is 49.8 Å². The zero-order valence-corrected chi connectivity index (χ0v) is 11.9. The van der Waals surface area contributed by atoms with Crippen LogP contribution in [0.4, 0.5) is 0 Å². The molecule has 0 spiro atoms. The molecule has 0 bridgehead atoms. The minimum atomic E-state index is 0.0969. The monoisotopic (exact) mass is 263 g/mol. The van der Waals surface area contributed by atoms with Gasteiger partial charge in [0.15, 0.2) is 0 Å². The molecule has 5 nitrogen and oxygen atoms in total. The van der Waals surface area contributed by atoms with Gasteiger partial charge in [0.25, 0.3) is 0 Å². The number of aryl methyl sites for hydroxylation is 1. The lowest BCUT2D eigenvalue weighted by Gasteiger charge is -2.32. The van der Waals surface area contributed by atoms with Crippen LogP contribution < -0.4 is 5.73 Å². The highest BCUT2D eigenvalue weighted by Crippen LogP contribution is 2.25. The summed E-state index contributed by atoms with van der Waals surface area (Å²) >= 11 is 0. The van der Waals surface area contributed by atoms with Gasteiger partial charge in [0.1, 0.15) is 11.6 Å². The van der Waals surface area contributed by atoms with Gasteiger partial charge in [-0.3, -0.25) is 4.57 Å². The number of hydrogen-bond acceptors (Lipinski definition) is 4. The van der Waals surface area contributed by atoms with Gasteiger partial charge in [-0.15, -0.1) is 10.2 Å². The zero-order valence-electron chi connectivity index (χ0n) is 11.9. The van der Waals surface area contributed by atoms with Gasteiger partial charge < -0.3 is 10.6 Å². The van der Waals surface area contributed by atoms with Crippen molar-refractivity contribution >= 4 is 0 Å². The Labute approximate surface area is 115 Å². The molecule has 3 rings (SSSR count). The highest BCUT2D eigenvalue weighted by Gasteiger charge is 2.25. The van der Waals surface area contributed by atoms with E-state index in [9.17, 15) is 0 Å². The molecule has 0 saturated carbocycles. The summed E-state index contributed by atoms with van der Waals surface area (Å²) in [5.74, 6) is 2.93. The molecular formula is C14H25N5. The smallest absolute Gasteiger partial charge is 0.134 e. The number of aromatic nitrogens is 3. The average molecular weight is 263 g/mol. The van der Waals surface area contributed by atoms with Crippen molar-refractivity contribution in [1.82, 2.24) is 19.7 Å². The SMILES string of the molecule is CCN1CCCC(Cc2nnc3n2C(N)CCC3)C1. The second-order valence-electron chi connectivity index (χ2n) is 5.97. The second-order valence-corrected chi connectivity index (χ2v) is 5.97. The summed E-state index contributed by atoms with van der Waals surface area (Å²) in [7, 11) is 0. The third-order valence-electron chi connectivity index (χ3n) is 4.59. The molecule has 1 saturated heterocycles. The number of piperidine rings is 1. The Kier molecular flexibility index (Phi) is 3.84. The Morgan fingerprint density at radius 2 is 2.16 bits per heavy atom. The van der Waals surface area contributed by atoms with Crippen LogP contribution in [0.3, 0.4) is 0 Å². The van der Waals surface area contributed by atoms with Gasteiger partial charge >= 0.3 is 0 Å². The minimum absolute atomic E-state index is 0.0969. The van der Waals surface area contributed by atoms with Crippen molar-refractivity contribution in [2.75, 3.05) is 19.6 Å². The molecule has 0 aromatic carbocycles. The van der Waals surface area contributed by atoms with Crippen LogP contribution in [0.2, 0.25) is 0 Å². The topological polar surface area (TPSA) is 60.0 Å². The highest BCUT2D eigenvalue weighted by atomic mass is 15.3. The van der Waals surface area contributed by atoms with Crippen LogP contribution in [0.5, 0.6) is 0 Å². The zero-order chi connectivity index (χ0) is 13.2. The van der Waals surface area contributed by atoms with E-state index in [2.05, 4.69) is 26.6 Å². The summed E-state index contributed by atoms with van der Waals surface area (Å²) in [5.41, 5.74) is 6.22. The first kappa shape index (κ1) is 13.1. The molecule has 0 aliphatic carbocycles. The van der Waals surface area contributed by atoms with E-state index >= 15 is 0 Å². The maximum atomic E-state index is 6.22. The number of fused-ring (bicyclic) bond motifs is 1. The number of likely N-dealkylation sites (tertiary alicyclic amines) is 1. The summed E-state index contributed by atoms with van der Waals surface area (Å²) in [6, 6.07) is 0. The Balaban J connectivity index is 1.71. The van der Waals surface area contributed by atoms with E-state index in [1.54, 1.807) is 0 Å². The normalized spacial score (nSPS) is 28.3. The lowest BCUT2D eigenvalue weighted by molar-refractivity contribution is 0.179. The minimum Gasteiger partial charge on any atom is -0.311 e. The van der Waals surface area contributed by atoms with Crippen LogP contribution in [0.15, 0.2) is 0 Å². The van der Waals surface area contributed by atoms with Gasteiger partial charge in [0, 0.05) is 19.4 Å². The first-order valence-electron chi connectivity index (χ1n) is 7.68. The standard InChI is InChI=1S/C14H25N5/c1-2-18-8-4-5-11(10-18)9-14-17-16-13-7-3-6-12(15)19(13)14/h11-12H,2-10,15H2,1H3. The first-order chi connectivity index (χ1) is 9.28. The number of hydrogen-bond donors (Lipinski definition) is 1. The summed E-state index contributed by atoms with van der Waals surface area (Å²) < 4.78 is 2.20. The first-order valence-corrected chi connectivity index (χ1v) is 7.68. The molecule has 2 N–H and O–H groups in total. The van der Waals surface area contributed by atoms with Crippen molar-refractivity contribution in [1.29, 1.82) is 0 Å². The second kappa shape index (κ2) is 5.59. The van der Waals surface area contributed by atoms with Crippen molar-refractivity contribution in [3.63, 3.8) is 0 Å². The molecule has 3 heterocycles. The van der Waals surface area contributed by atoms with Crippen LogP contribution >= 0.6 is 0 Å². The van der Waals surface area contributed by atoms with Gasteiger partial charge in [0.05, 0.1) is 6.17 Å². The van der Waals surface area contributed by atoms with Crippen molar-refractivity contribution in [3.8, 4) is 0 Å². The fraction of sp³-hybridized carbons (Fsp3) is 0.857. The largest absolute Gasteiger partial charge is 0.311 e. The molecule has 0 radical (unpaired) electrons. The molecule has 0 amide bonds. The Morgan fingerprint density at radius 3 is 3.00 bits per heavy atom. The maximum Gasteiger partial charge on any atom is 0.134 e. The van der Waals surface area contributed by atoms with Gasteiger partial charge in [-0.05, 0) is 44.7 Å². The number of nitrogens with zero attached hydrogens (tertiary/aromatic N) is 4. The fourth-order valence-electron chi connectivity index (χ4n) is 3.51. The summed E-state index contributed by atoms with van der Waals surface area (Å²) in [6.45, 7) is 5.86. The number of rotatable bonds is 3. The van der Waals surface area contributed by atoms with Crippen LogP contribution in [0, 0.1) is 5.92 Å². The molecular weight excluding hydrogens is 238 g/mol. The molecule has 2 aliphatic rings. The predicted molar refractivity (Wildman–Crippen MR) is 74.7 cm³/mol. The van der Waals surface area contributed by atoms with Gasteiger partial charge in [-0.25, -0.2) is 0 Å². The molecule has 1 aromatic heterocycles. The molecule has 1 fully saturated rings. The molecule has 2 atom stereocenters. The summed E-state index contributed by atoms with van der Waals surface area (Å²) in [4.78, 5) is 2.54. The third-order valence-corrected chi connectivity index (χ3v) is 4.59. The molecule has 2 unspecified atom stereocenters. The fourth-order valence-corrected chi connectivity index (χ4v) is 3.51. The Morgan fingerprint density at radius 1 is 1.26 bits per heavy atom. The van der Waals surface area contributed by atoms with Gasteiger partial charge in [0.2, 0.25) is 0 Å². The molecule has 5 heteroatoms. The van der Waals surface area contributed by atoms with Crippen LogP contribution in [0.1, 0.15) is 50.4 Å². The predicted octanol–water partition coefficient (Wildman–Crippen LogP) is 1.35. The third kappa shape index (κ3) is 2.67. The van der Waals surface area contributed by atoms with E-state index in [4.69, 9.17) is 5.73 Å². The van der Waals surface area contributed by atoms with Gasteiger partial charge in [-0.2, -0.15) is 0 Å². The molecule has 1 aromatic rings. The lowest BCUT2D eigenvalue weighted by atomic mass is 9.94. The molecule has 2 aliphatic heterocycles. The van der Waals surface area contributed by atoms with Crippen molar-refractivity contribution < 1.29 is 0 Å². The lowest BCUT2D eigenvalue weighted by Crippen LogP contribution is -2.36. The number of nitrogens with two attached hydrogens (primary N) is 1. The molecule has 106 valence electrons. The quantitative estimate of drug-likeness (QED) is 0.894. The highest BCUT2D eigenvalue weighted by molar-refractivity contribution is 5.02. The van der Waals surface area contributed by atoms with Crippen LogP contribution in [0.25, 0.3) is 0 Å². The van der Waals surface area contributed by atoms with Crippen molar-refractivity contribution in [2.45, 2.75) is 51.6 Å². The van der Waals surface area contributed by atoms with Crippen LogP contribution in [-0.4, -0.2) is 39.3 Å². The van der Waals surface area contributed by atoms with E-state index in [1.807, 2.05) is 0 Å². The maximum absolute atomic E-state index is 6.22. The summed E-state index contributed by atoms with van der Waals surface area (Å²) in [6.07, 6.45) is 7.00. The van der Waals surface area contributed by atoms with Crippen molar-refractivity contribution in [3.05, 3.63) is 11.6 Å². The summed E-state index contributed by atoms with van der Waals surface area (Å²) in [5, 5.41) is 8.74. The molecule has 19 heavy (non-hydrogen) atoms. The van der Waals surface area contributed by atoms with E-state index in [0.29, 0.717) is 0 Å².